The molecule has 1 aromatic heterocycles. The van der Waals surface area contributed by atoms with Crippen LogP contribution in [0.1, 0.15) is 17.4 Å². The molecule has 0 atom stereocenters. The molecular weight excluding hydrogens is 235 g/mol. The van der Waals surface area contributed by atoms with E-state index in [2.05, 4.69) is 20.5 Å². The molecule has 1 heterocycles. The van der Waals surface area contributed by atoms with Gasteiger partial charge in [-0.25, -0.2) is 4.79 Å². The summed E-state index contributed by atoms with van der Waals surface area (Å²) in [5, 5.41) is 0. The van der Waals surface area contributed by atoms with Crippen LogP contribution in [0.4, 0.5) is 0 Å². The number of hydrogen-bond donors (Lipinski definition) is 0. The van der Waals surface area contributed by atoms with Crippen molar-refractivity contribution in [3.63, 3.8) is 0 Å². The van der Waals surface area contributed by atoms with Gasteiger partial charge in [0.1, 0.15) is 6.26 Å². The first kappa shape index (κ1) is 14.1. The smallest absolute Gasteiger partial charge is 0.360 e. The number of esters is 1. The van der Waals surface area contributed by atoms with E-state index in [1.165, 1.54) is 6.26 Å². The summed E-state index contributed by atoms with van der Waals surface area (Å²) in [6.45, 7) is 2.06. The van der Waals surface area contributed by atoms with Gasteiger partial charge in [-0.05, 0) is 6.92 Å². The van der Waals surface area contributed by atoms with Crippen LogP contribution >= 0.6 is 0 Å². The Morgan fingerprint density at radius 3 is 2.92 bits per heavy atom. The van der Waals surface area contributed by atoms with Crippen LogP contribution in [0.3, 0.4) is 0 Å². The second kappa shape index (κ2) is 7.25. The van der Waals surface area contributed by atoms with Crippen molar-refractivity contribution in [3.8, 4) is 0 Å². The van der Waals surface area contributed by atoms with E-state index in [0.717, 1.165) is 0 Å². The van der Waals surface area contributed by atoms with Gasteiger partial charge in [-0.3, -0.25) is 0 Å². The van der Waals surface area contributed by atoms with Gasteiger partial charge < -0.3 is 21.6 Å². The summed E-state index contributed by atoms with van der Waals surface area (Å²) in [6.07, 6.45) is 3.34. The summed E-state index contributed by atoms with van der Waals surface area (Å²) in [5.74, 6) is -0.479. The minimum atomic E-state index is -0.479. The van der Waals surface area contributed by atoms with E-state index in [0.29, 0.717) is 6.61 Å². The minimum absolute atomic E-state index is 0. The van der Waals surface area contributed by atoms with Crippen LogP contribution in [-0.2, 0) is 24.2 Å². The van der Waals surface area contributed by atoms with E-state index in [4.69, 9.17) is 0 Å². The maximum atomic E-state index is 10.7. The molecule has 0 bridgehead atoms. The molecule has 1 aromatic rings. The molecule has 0 spiro atoms. The standard InChI is InChI=1S/C6H6NO3.ClH.Zn/c1-2-10-6(8)5-3-9-4-7-5;;/h3H,2H2,1H3;1H;/p-1. The van der Waals surface area contributed by atoms with Crippen molar-refractivity contribution in [1.29, 1.82) is 0 Å². The molecule has 0 unspecified atom stereocenters. The Labute approximate surface area is 88.9 Å². The molecule has 1 rings (SSSR count). The molecule has 0 aliphatic heterocycles. The van der Waals surface area contributed by atoms with Crippen LogP contribution in [0.15, 0.2) is 10.7 Å². The van der Waals surface area contributed by atoms with Gasteiger partial charge in [-0.15, -0.1) is 0 Å². The zero-order valence-corrected chi connectivity index (χ0v) is 10.3. The molecule has 0 saturated carbocycles. The first-order valence-corrected chi connectivity index (χ1v) is 2.83. The summed E-state index contributed by atoms with van der Waals surface area (Å²) in [4.78, 5) is 14.2. The molecule has 0 N–H and O–H groups in total. The second-order valence-electron chi connectivity index (χ2n) is 1.54. The van der Waals surface area contributed by atoms with Crippen LogP contribution < -0.4 is 12.4 Å². The van der Waals surface area contributed by atoms with Gasteiger partial charge in [0.25, 0.3) is 6.39 Å². The first-order chi connectivity index (χ1) is 4.84. The number of carbonyl (C=O) groups excluding carboxylic acids is 1. The summed E-state index contributed by atoms with van der Waals surface area (Å²) in [7, 11) is 0. The molecule has 0 aliphatic rings. The molecule has 0 amide bonds. The van der Waals surface area contributed by atoms with E-state index in [1.807, 2.05) is 0 Å². The quantitative estimate of drug-likeness (QED) is 0.430. The Bertz CT molecular complexity index is 215. The monoisotopic (exact) mass is 239 g/mol. The van der Waals surface area contributed by atoms with Crippen molar-refractivity contribution in [2.24, 2.45) is 0 Å². The van der Waals surface area contributed by atoms with Crippen LogP contribution in [0.25, 0.3) is 0 Å². The van der Waals surface area contributed by atoms with E-state index < -0.39 is 5.97 Å². The average molecular weight is 241 g/mol. The fourth-order valence-electron chi connectivity index (χ4n) is 0.483. The largest absolute Gasteiger partial charge is 1.00 e. The van der Waals surface area contributed by atoms with Gasteiger partial charge in [-0.1, -0.05) is 0 Å². The number of carbonyl (C=O) groups is 1. The fraction of sp³-hybridized carbons (Fsp3) is 0.333. The minimum Gasteiger partial charge on any atom is -1.00 e. The average Bonchev–Trinajstić information content (AvgIpc) is 2.38. The van der Waals surface area contributed by atoms with Crippen molar-refractivity contribution in [1.82, 2.24) is 4.98 Å². The molecule has 4 nitrogen and oxygen atoms in total. The predicted octanol–water partition coefficient (Wildman–Crippen LogP) is -2.35. The number of halogens is 1. The molecule has 0 fully saturated rings. The molecule has 12 heavy (non-hydrogen) atoms. The Morgan fingerprint density at radius 1 is 1.83 bits per heavy atom. The van der Waals surface area contributed by atoms with Gasteiger partial charge in [0, 0.05) is 19.5 Å². The molecule has 0 aromatic carbocycles. The van der Waals surface area contributed by atoms with Crippen LogP contribution in [0.2, 0.25) is 0 Å². The summed E-state index contributed by atoms with van der Waals surface area (Å²) >= 11 is 0. The fourth-order valence-corrected chi connectivity index (χ4v) is 0.483. The number of rotatable bonds is 2. The maximum absolute atomic E-state index is 10.7. The van der Waals surface area contributed by atoms with E-state index >= 15 is 0 Å². The number of ether oxygens (including phenoxy) is 1. The topological polar surface area (TPSA) is 52.3 Å². The number of nitrogens with zero attached hydrogens (tertiary/aromatic N) is 1. The van der Waals surface area contributed by atoms with E-state index in [-0.39, 0.29) is 37.6 Å². The van der Waals surface area contributed by atoms with Crippen molar-refractivity contribution < 1.29 is 45.8 Å². The Kier molecular flexibility index (Phi) is 8.54. The first-order valence-electron chi connectivity index (χ1n) is 2.83. The van der Waals surface area contributed by atoms with Crippen molar-refractivity contribution in [2.75, 3.05) is 6.61 Å². The maximum Gasteiger partial charge on any atom is 0.360 e. The van der Waals surface area contributed by atoms with Gasteiger partial charge >= 0.3 is 5.97 Å². The summed E-state index contributed by atoms with van der Waals surface area (Å²) in [6, 6.07) is 0. The van der Waals surface area contributed by atoms with Crippen LogP contribution in [0, 0.1) is 6.39 Å². The molecular formula is C6H6ClNO3Zn-. The third-order valence-corrected chi connectivity index (χ3v) is 0.874. The second-order valence-corrected chi connectivity index (χ2v) is 1.54. The van der Waals surface area contributed by atoms with Gasteiger partial charge in [-0.2, -0.15) is 4.98 Å². The normalized spacial score (nSPS) is 7.75. The van der Waals surface area contributed by atoms with Crippen LogP contribution in [0.5, 0.6) is 0 Å². The van der Waals surface area contributed by atoms with Crippen LogP contribution in [-0.4, -0.2) is 17.6 Å². The SMILES string of the molecule is CCOC(=O)c1co[c]n1.[Cl-].[Zn]. The molecule has 0 aliphatic carbocycles. The van der Waals surface area contributed by atoms with Crippen molar-refractivity contribution in [2.45, 2.75) is 6.92 Å². The molecule has 63 valence electrons. The van der Waals surface area contributed by atoms with Gasteiger partial charge in [0.2, 0.25) is 0 Å². The Hall–Kier alpha value is -0.407. The summed E-state index contributed by atoms with van der Waals surface area (Å²) in [5.41, 5.74) is 0.154. The van der Waals surface area contributed by atoms with Gasteiger partial charge in [0.15, 0.2) is 5.69 Å². The van der Waals surface area contributed by atoms with Gasteiger partial charge in [0.05, 0.1) is 6.61 Å². The molecule has 6 heteroatoms. The zero-order valence-electron chi connectivity index (χ0n) is 6.54. The molecule has 1 radical (unpaired) electrons. The number of oxazole rings is 1. The van der Waals surface area contributed by atoms with Crippen molar-refractivity contribution >= 4 is 5.97 Å². The third-order valence-electron chi connectivity index (χ3n) is 0.874. The zero-order chi connectivity index (χ0) is 7.40. The Morgan fingerprint density at radius 2 is 2.50 bits per heavy atom. The van der Waals surface area contributed by atoms with E-state index in [1.54, 1.807) is 6.92 Å². The van der Waals surface area contributed by atoms with E-state index in [9.17, 15) is 4.79 Å². The Balaban J connectivity index is 0. The summed E-state index contributed by atoms with van der Waals surface area (Å²) < 4.78 is 9.05. The third kappa shape index (κ3) is 3.83. The number of hydrogen-bond acceptors (Lipinski definition) is 4. The molecule has 0 saturated heterocycles. The predicted molar refractivity (Wildman–Crippen MR) is 31.3 cm³/mol. The van der Waals surface area contributed by atoms with Crippen molar-refractivity contribution in [3.05, 3.63) is 18.4 Å². The number of aromatic nitrogens is 1.